The monoisotopic (exact) mass is 909 g/mol. The number of hydrogen-bond donors (Lipinski definition) is 0. The maximum Gasteiger partial charge on any atom is 0.237 e. The van der Waals surface area contributed by atoms with Gasteiger partial charge in [-0.15, -0.1) is 0 Å². The van der Waals surface area contributed by atoms with Crippen molar-refractivity contribution in [3.8, 4) is 11.6 Å². The van der Waals surface area contributed by atoms with E-state index < -0.39 is 0 Å². The molecule has 0 atom stereocenters. The molecule has 3 aromatic heterocycles. The summed E-state index contributed by atoms with van der Waals surface area (Å²) in [4.78, 5) is 75.3. The van der Waals surface area contributed by atoms with Gasteiger partial charge < -0.3 is 19.6 Å². The number of hydrogen-bond acceptors (Lipinski definition) is 9. The zero-order valence-corrected chi connectivity index (χ0v) is 38.0. The van der Waals surface area contributed by atoms with Gasteiger partial charge in [0, 0.05) is 77.8 Å². The van der Waals surface area contributed by atoms with E-state index in [1.165, 1.54) is 0 Å². The Labute approximate surface area is 396 Å². The minimum atomic E-state index is -0.194. The van der Waals surface area contributed by atoms with Crippen LogP contribution in [0.4, 0.5) is 0 Å². The van der Waals surface area contributed by atoms with Gasteiger partial charge in [0.25, 0.3) is 0 Å². The van der Waals surface area contributed by atoms with Crippen molar-refractivity contribution in [3.05, 3.63) is 198 Å². The number of benzene rings is 4. The SMILES string of the molecule is O=C1CN2CC(=O)N(Cc3ccccc3)CCN(Cc3ccccc3)C(=O)CN(CC(=O)N(Cc3ccccc3)CCN1Cc1ccccc1)Cc1ccn(n1)-c1cccc(n1)-n1ccc(n1)C2. The van der Waals surface area contributed by atoms with Crippen LogP contribution in [0.15, 0.2) is 164 Å². The molecule has 1 saturated heterocycles. The topological polar surface area (TPSA) is 136 Å². The smallest absolute Gasteiger partial charge is 0.237 e. The van der Waals surface area contributed by atoms with Gasteiger partial charge >= 0.3 is 0 Å². The fraction of sp³-hybridized carbons (Fsp3) is 0.264. The molecule has 7 aromatic rings. The molecule has 0 N–H and O–H groups in total. The van der Waals surface area contributed by atoms with Gasteiger partial charge in [-0.25, -0.2) is 14.3 Å². The highest BCUT2D eigenvalue weighted by Crippen LogP contribution is 2.17. The Kier molecular flexibility index (Phi) is 14.5. The van der Waals surface area contributed by atoms with E-state index in [-0.39, 0.29) is 89.1 Å². The lowest BCUT2D eigenvalue weighted by molar-refractivity contribution is -0.141. The van der Waals surface area contributed by atoms with Gasteiger partial charge in [-0.2, -0.15) is 10.2 Å². The lowest BCUT2D eigenvalue weighted by Gasteiger charge is -2.34. The summed E-state index contributed by atoms with van der Waals surface area (Å²) in [5.74, 6) is 0.333. The summed E-state index contributed by atoms with van der Waals surface area (Å²) in [7, 11) is 0. The van der Waals surface area contributed by atoms with E-state index in [9.17, 15) is 19.2 Å². The molecule has 346 valence electrons. The van der Waals surface area contributed by atoms with Crippen molar-refractivity contribution in [3.63, 3.8) is 0 Å². The van der Waals surface area contributed by atoms with Crippen molar-refractivity contribution < 1.29 is 19.2 Å². The van der Waals surface area contributed by atoms with E-state index in [1.807, 2.05) is 174 Å². The third-order valence-corrected chi connectivity index (χ3v) is 12.2. The number of carbonyl (C=O) groups excluding carboxylic acids is 4. The average Bonchev–Trinajstić information content (AvgIpc) is 4.04. The van der Waals surface area contributed by atoms with Crippen molar-refractivity contribution in [1.29, 1.82) is 0 Å². The first-order valence-corrected chi connectivity index (χ1v) is 23.1. The Morgan fingerprint density at radius 1 is 0.338 bits per heavy atom. The third kappa shape index (κ3) is 12.0. The van der Waals surface area contributed by atoms with Gasteiger partial charge in [-0.3, -0.25) is 29.0 Å². The predicted molar refractivity (Wildman–Crippen MR) is 256 cm³/mol. The Balaban J connectivity index is 1.16. The number of carbonyl (C=O) groups is 4. The molecular weight excluding hydrogens is 855 g/mol. The van der Waals surface area contributed by atoms with E-state index in [1.54, 1.807) is 29.0 Å². The number of aromatic nitrogens is 5. The molecule has 1 fully saturated rings. The molecule has 4 amide bonds. The van der Waals surface area contributed by atoms with Crippen LogP contribution in [0, 0.1) is 0 Å². The summed E-state index contributed by atoms with van der Waals surface area (Å²) < 4.78 is 3.36. The first-order chi connectivity index (χ1) is 33.3. The summed E-state index contributed by atoms with van der Waals surface area (Å²) in [5.41, 5.74) is 5.01. The van der Waals surface area contributed by atoms with Gasteiger partial charge in [0.05, 0.1) is 37.6 Å². The molecule has 0 unspecified atom stereocenters. The molecule has 4 aromatic carbocycles. The van der Waals surface area contributed by atoms with Crippen LogP contribution in [0.3, 0.4) is 0 Å². The Hall–Kier alpha value is -7.75. The van der Waals surface area contributed by atoms with Crippen LogP contribution >= 0.6 is 0 Å². The minimum Gasteiger partial charge on any atom is -0.335 e. The fourth-order valence-electron chi connectivity index (χ4n) is 8.64. The average molecular weight is 910 g/mol. The largest absolute Gasteiger partial charge is 0.335 e. The van der Waals surface area contributed by atoms with Crippen molar-refractivity contribution in [2.75, 3.05) is 52.4 Å². The maximum absolute atomic E-state index is 14.9. The zero-order chi connectivity index (χ0) is 46.7. The van der Waals surface area contributed by atoms with Gasteiger partial charge in [0.2, 0.25) is 23.6 Å². The summed E-state index contributed by atoms with van der Waals surface area (Å²) in [5, 5.41) is 9.82. The highest BCUT2D eigenvalue weighted by molar-refractivity contribution is 5.83. The van der Waals surface area contributed by atoms with Crippen molar-refractivity contribution in [2.45, 2.75) is 39.3 Å². The molecule has 10 rings (SSSR count). The fourth-order valence-corrected chi connectivity index (χ4v) is 8.64. The Morgan fingerprint density at radius 3 is 0.926 bits per heavy atom. The van der Waals surface area contributed by atoms with Crippen LogP contribution in [0.25, 0.3) is 11.6 Å². The van der Waals surface area contributed by atoms with Gasteiger partial charge in [-0.05, 0) is 46.5 Å². The molecule has 8 bridgehead atoms. The van der Waals surface area contributed by atoms with Crippen LogP contribution < -0.4 is 0 Å². The van der Waals surface area contributed by atoms with Crippen molar-refractivity contribution >= 4 is 23.6 Å². The maximum atomic E-state index is 14.9. The first kappa shape index (κ1) is 45.4. The number of fused-ring (bicyclic) bond motifs is 14. The summed E-state index contributed by atoms with van der Waals surface area (Å²) in [6, 6.07) is 48.5. The number of amides is 4. The molecule has 3 aliphatic heterocycles. The predicted octanol–water partition coefficient (Wildman–Crippen LogP) is 5.20. The summed E-state index contributed by atoms with van der Waals surface area (Å²) in [6.07, 6.45) is 3.65. The van der Waals surface area contributed by atoms with Gasteiger partial charge in [-0.1, -0.05) is 127 Å². The molecule has 68 heavy (non-hydrogen) atoms. The first-order valence-electron chi connectivity index (χ1n) is 23.1. The third-order valence-electron chi connectivity index (χ3n) is 12.2. The van der Waals surface area contributed by atoms with Crippen LogP contribution in [0.2, 0.25) is 0 Å². The summed E-state index contributed by atoms with van der Waals surface area (Å²) in [6.45, 7) is 2.04. The van der Waals surface area contributed by atoms with E-state index >= 15 is 0 Å². The second-order valence-electron chi connectivity index (χ2n) is 17.4. The Bertz CT molecular complexity index is 2470. The van der Waals surface area contributed by atoms with Crippen molar-refractivity contribution in [1.82, 2.24) is 53.9 Å². The standard InChI is InChI=1S/C53H55N11O4/c65-50-38-57-36-46-24-26-63(55-46)48-22-13-23-49(54-48)64-27-25-47(56-64)37-58(40-51(66)60(33-43-16-7-2-8-17-43)29-28-59(50)32-42-14-5-1-6-15-42)41-53(68)62(35-45-20-11-4-12-21-45)31-30-61(52(67)39-57)34-44-18-9-3-10-19-44/h1-27H,28-41H2. The molecule has 0 spiro atoms. The molecule has 0 saturated carbocycles. The molecular formula is C53H55N11O4. The second-order valence-corrected chi connectivity index (χ2v) is 17.4. The van der Waals surface area contributed by atoms with Crippen LogP contribution in [-0.4, -0.2) is 130 Å². The van der Waals surface area contributed by atoms with Crippen molar-refractivity contribution in [2.24, 2.45) is 0 Å². The number of nitrogens with zero attached hydrogens (tertiary/aromatic N) is 11. The highest BCUT2D eigenvalue weighted by atomic mass is 16.2. The molecule has 6 heterocycles. The second kappa shape index (κ2) is 21.7. The molecule has 15 heteroatoms. The molecule has 0 aliphatic carbocycles. The van der Waals surface area contributed by atoms with Crippen LogP contribution in [0.5, 0.6) is 0 Å². The number of rotatable bonds is 8. The van der Waals surface area contributed by atoms with Gasteiger partial charge in [0.1, 0.15) is 0 Å². The highest BCUT2D eigenvalue weighted by Gasteiger charge is 2.29. The zero-order valence-electron chi connectivity index (χ0n) is 38.0. The molecule has 3 aliphatic rings. The summed E-state index contributed by atoms with van der Waals surface area (Å²) >= 11 is 0. The van der Waals surface area contributed by atoms with Gasteiger partial charge in [0.15, 0.2) is 11.6 Å². The normalized spacial score (nSPS) is 17.9. The minimum absolute atomic E-state index is 0.0984. The Morgan fingerprint density at radius 2 is 0.632 bits per heavy atom. The van der Waals surface area contributed by atoms with E-state index in [0.29, 0.717) is 49.2 Å². The van der Waals surface area contributed by atoms with E-state index in [4.69, 9.17) is 15.2 Å². The van der Waals surface area contributed by atoms with E-state index in [0.717, 1.165) is 22.3 Å². The molecule has 15 nitrogen and oxygen atoms in total. The lowest BCUT2D eigenvalue weighted by Crippen LogP contribution is -2.50. The quantitative estimate of drug-likeness (QED) is 0.202. The van der Waals surface area contributed by atoms with Crippen LogP contribution in [-0.2, 0) is 58.4 Å². The van der Waals surface area contributed by atoms with E-state index in [2.05, 4.69) is 0 Å². The lowest BCUT2D eigenvalue weighted by atomic mass is 10.2. The van der Waals surface area contributed by atoms with Crippen LogP contribution in [0.1, 0.15) is 33.6 Å². The number of pyridine rings is 1. The molecule has 0 radical (unpaired) electrons.